The first-order valence-corrected chi connectivity index (χ1v) is 10.4. The summed E-state index contributed by atoms with van der Waals surface area (Å²) in [6.45, 7) is 4.16. The Morgan fingerprint density at radius 1 is 1.07 bits per heavy atom. The Kier molecular flexibility index (Phi) is 4.38. The van der Waals surface area contributed by atoms with E-state index in [0.717, 1.165) is 64.7 Å². The highest BCUT2D eigenvalue weighted by atomic mass is 16.1. The molecule has 1 amide bonds. The van der Waals surface area contributed by atoms with Crippen molar-refractivity contribution in [2.75, 3.05) is 0 Å². The van der Waals surface area contributed by atoms with Gasteiger partial charge in [0.1, 0.15) is 5.82 Å². The Balaban J connectivity index is 1.32. The predicted molar refractivity (Wildman–Crippen MR) is 116 cm³/mol. The van der Waals surface area contributed by atoms with E-state index in [9.17, 15) is 4.79 Å². The van der Waals surface area contributed by atoms with Crippen molar-refractivity contribution in [1.29, 1.82) is 0 Å². The largest absolute Gasteiger partial charge is 0.358 e. The van der Waals surface area contributed by atoms with Gasteiger partial charge in [0.15, 0.2) is 0 Å². The van der Waals surface area contributed by atoms with Gasteiger partial charge in [-0.2, -0.15) is 0 Å². The molecule has 0 bridgehead atoms. The van der Waals surface area contributed by atoms with E-state index in [1.54, 1.807) is 0 Å². The first kappa shape index (κ1) is 18.0. The summed E-state index contributed by atoms with van der Waals surface area (Å²) < 4.78 is 0. The van der Waals surface area contributed by atoms with E-state index in [4.69, 9.17) is 4.98 Å². The van der Waals surface area contributed by atoms with Crippen LogP contribution in [0.2, 0.25) is 0 Å². The summed E-state index contributed by atoms with van der Waals surface area (Å²) >= 11 is 0. The first-order chi connectivity index (χ1) is 14.1. The number of hydrogen-bond donors (Lipinski definition) is 3. The molecule has 0 saturated heterocycles. The average Bonchev–Trinajstić information content (AvgIpc) is 3.29. The number of hydrogen-bond acceptors (Lipinski definition) is 2. The van der Waals surface area contributed by atoms with Crippen LogP contribution in [0.5, 0.6) is 0 Å². The van der Waals surface area contributed by atoms with Crippen LogP contribution in [0, 0.1) is 13.8 Å². The Morgan fingerprint density at radius 3 is 2.79 bits per heavy atom. The van der Waals surface area contributed by atoms with Crippen molar-refractivity contribution in [3.8, 4) is 0 Å². The molecule has 2 aromatic heterocycles. The van der Waals surface area contributed by atoms with Gasteiger partial charge < -0.3 is 15.3 Å². The van der Waals surface area contributed by atoms with Crippen LogP contribution in [0.25, 0.3) is 21.9 Å². The number of nitrogens with one attached hydrogen (secondary N) is 3. The fraction of sp³-hybridized carbons (Fsp3) is 0.333. The van der Waals surface area contributed by atoms with Gasteiger partial charge in [-0.05, 0) is 69.0 Å². The number of fused-ring (bicyclic) bond motifs is 2. The summed E-state index contributed by atoms with van der Waals surface area (Å²) in [6.07, 6.45) is 4.16. The van der Waals surface area contributed by atoms with E-state index in [2.05, 4.69) is 35.2 Å². The van der Waals surface area contributed by atoms with Crippen LogP contribution in [-0.4, -0.2) is 26.9 Å². The molecule has 148 valence electrons. The van der Waals surface area contributed by atoms with Crippen LogP contribution in [0.3, 0.4) is 0 Å². The lowest BCUT2D eigenvalue weighted by Crippen LogP contribution is -2.38. The summed E-state index contributed by atoms with van der Waals surface area (Å²) in [7, 11) is 0. The van der Waals surface area contributed by atoms with Gasteiger partial charge in [0.2, 0.25) is 0 Å². The smallest absolute Gasteiger partial charge is 0.251 e. The maximum Gasteiger partial charge on any atom is 0.251 e. The molecule has 4 aromatic rings. The van der Waals surface area contributed by atoms with E-state index in [1.807, 2.05) is 36.4 Å². The summed E-state index contributed by atoms with van der Waals surface area (Å²) in [6, 6.07) is 14.2. The second kappa shape index (κ2) is 7.07. The van der Waals surface area contributed by atoms with Gasteiger partial charge in [0, 0.05) is 34.1 Å². The summed E-state index contributed by atoms with van der Waals surface area (Å²) in [5.41, 5.74) is 6.26. The monoisotopic (exact) mass is 386 g/mol. The minimum Gasteiger partial charge on any atom is -0.358 e. The molecule has 0 radical (unpaired) electrons. The van der Waals surface area contributed by atoms with Crippen molar-refractivity contribution in [2.45, 2.75) is 51.5 Å². The van der Waals surface area contributed by atoms with Gasteiger partial charge in [-0.15, -0.1) is 0 Å². The number of benzene rings is 2. The third kappa shape index (κ3) is 3.31. The van der Waals surface area contributed by atoms with Crippen molar-refractivity contribution in [3.63, 3.8) is 0 Å². The Labute approximate surface area is 169 Å². The third-order valence-corrected chi connectivity index (χ3v) is 6.37. The lowest BCUT2D eigenvalue weighted by atomic mass is 9.85. The van der Waals surface area contributed by atoms with Crippen molar-refractivity contribution >= 4 is 27.8 Å². The normalized spacial score (nSPS) is 19.7. The molecule has 2 atom stereocenters. The van der Waals surface area contributed by atoms with Gasteiger partial charge in [-0.1, -0.05) is 18.6 Å². The number of aromatic nitrogens is 3. The van der Waals surface area contributed by atoms with Crippen LogP contribution in [0.1, 0.15) is 59.0 Å². The number of imidazole rings is 1. The van der Waals surface area contributed by atoms with E-state index in [0.29, 0.717) is 5.92 Å². The van der Waals surface area contributed by atoms with E-state index < -0.39 is 0 Å². The van der Waals surface area contributed by atoms with Crippen molar-refractivity contribution < 1.29 is 4.79 Å². The number of H-pyrrole nitrogens is 2. The molecular weight excluding hydrogens is 360 g/mol. The van der Waals surface area contributed by atoms with Crippen LogP contribution >= 0.6 is 0 Å². The number of carbonyl (C=O) groups is 1. The molecule has 5 heteroatoms. The number of aryl methyl sites for hydroxylation is 2. The van der Waals surface area contributed by atoms with Crippen LogP contribution < -0.4 is 5.32 Å². The lowest BCUT2D eigenvalue weighted by Gasteiger charge is -2.28. The highest BCUT2D eigenvalue weighted by molar-refractivity contribution is 5.99. The summed E-state index contributed by atoms with van der Waals surface area (Å²) in [4.78, 5) is 24.5. The lowest BCUT2D eigenvalue weighted by molar-refractivity contribution is 0.0925. The van der Waals surface area contributed by atoms with Crippen molar-refractivity contribution in [1.82, 2.24) is 20.3 Å². The van der Waals surface area contributed by atoms with E-state index in [-0.39, 0.29) is 11.9 Å². The van der Waals surface area contributed by atoms with Gasteiger partial charge in [-0.3, -0.25) is 4.79 Å². The van der Waals surface area contributed by atoms with Gasteiger partial charge >= 0.3 is 0 Å². The molecule has 29 heavy (non-hydrogen) atoms. The summed E-state index contributed by atoms with van der Waals surface area (Å²) in [5.74, 6) is 1.42. The number of para-hydroxylation sites is 2. The molecule has 2 heterocycles. The molecule has 0 aliphatic heterocycles. The molecule has 1 aliphatic rings. The fourth-order valence-electron chi connectivity index (χ4n) is 4.61. The zero-order chi connectivity index (χ0) is 20.0. The topological polar surface area (TPSA) is 73.6 Å². The molecule has 5 nitrogen and oxygen atoms in total. The molecule has 1 aliphatic carbocycles. The number of carbonyl (C=O) groups excluding carboxylic acids is 1. The average molecular weight is 386 g/mol. The predicted octanol–water partition coefficient (Wildman–Crippen LogP) is 5.12. The number of amides is 1. The van der Waals surface area contributed by atoms with Gasteiger partial charge in [-0.25, -0.2) is 4.98 Å². The quantitative estimate of drug-likeness (QED) is 0.457. The van der Waals surface area contributed by atoms with Gasteiger partial charge in [0.05, 0.1) is 11.0 Å². The number of nitrogens with zero attached hydrogens (tertiary/aromatic N) is 1. The molecule has 5 rings (SSSR count). The van der Waals surface area contributed by atoms with Crippen LogP contribution in [0.4, 0.5) is 0 Å². The highest BCUT2D eigenvalue weighted by Crippen LogP contribution is 2.32. The van der Waals surface area contributed by atoms with E-state index in [1.165, 1.54) is 5.56 Å². The first-order valence-electron chi connectivity index (χ1n) is 10.4. The maximum absolute atomic E-state index is 12.9. The van der Waals surface area contributed by atoms with Crippen molar-refractivity contribution in [2.24, 2.45) is 0 Å². The van der Waals surface area contributed by atoms with Gasteiger partial charge in [0.25, 0.3) is 5.91 Å². The molecule has 2 aromatic carbocycles. The molecule has 1 saturated carbocycles. The maximum atomic E-state index is 12.9. The molecule has 1 fully saturated rings. The standard InChI is InChI=1S/C24H26N4O/c1-14-15(2)25-20-11-10-17(13-19(14)20)24(29)26-18-7-5-6-16(12-18)23-27-21-8-3-4-9-22(21)28-23/h3-4,8-11,13,16,18,25H,5-7,12H2,1-2H3,(H,26,29)(H,27,28)/t16-,18+/m0/s1. The van der Waals surface area contributed by atoms with E-state index >= 15 is 0 Å². The Bertz CT molecular complexity index is 1170. The second-order valence-corrected chi connectivity index (χ2v) is 8.31. The minimum atomic E-state index is 0.0143. The fourth-order valence-corrected chi connectivity index (χ4v) is 4.61. The molecule has 0 unspecified atom stereocenters. The Hall–Kier alpha value is -3.08. The third-order valence-electron chi connectivity index (χ3n) is 6.37. The molecule has 3 N–H and O–H groups in total. The second-order valence-electron chi connectivity index (χ2n) is 8.31. The summed E-state index contributed by atoms with van der Waals surface area (Å²) in [5, 5.41) is 4.39. The van der Waals surface area contributed by atoms with Crippen LogP contribution in [-0.2, 0) is 0 Å². The molecular formula is C24H26N4O. The SMILES string of the molecule is Cc1[nH]c2ccc(C(=O)N[C@@H]3CCC[C@H](c4nc5ccccc5[nH]4)C3)cc2c1C. The highest BCUT2D eigenvalue weighted by Gasteiger charge is 2.27. The zero-order valence-corrected chi connectivity index (χ0v) is 16.9. The zero-order valence-electron chi connectivity index (χ0n) is 16.9. The number of aromatic amines is 2. The minimum absolute atomic E-state index is 0.0143. The molecule has 0 spiro atoms. The number of rotatable bonds is 3. The van der Waals surface area contributed by atoms with Crippen molar-refractivity contribution in [3.05, 3.63) is 65.1 Å². The van der Waals surface area contributed by atoms with Crippen LogP contribution in [0.15, 0.2) is 42.5 Å². The Morgan fingerprint density at radius 2 is 1.93 bits per heavy atom.